The summed E-state index contributed by atoms with van der Waals surface area (Å²) >= 11 is 1.70. The molecule has 2 fully saturated rings. The highest BCUT2D eigenvalue weighted by Crippen LogP contribution is 2.28. The molecule has 3 rings (SSSR count). The molecule has 0 bridgehead atoms. The van der Waals surface area contributed by atoms with Gasteiger partial charge in [-0.15, -0.1) is 0 Å². The van der Waals surface area contributed by atoms with Crippen LogP contribution in [0.15, 0.2) is 16.8 Å². The minimum atomic E-state index is 0.180. The van der Waals surface area contributed by atoms with Crippen molar-refractivity contribution in [3.05, 3.63) is 22.4 Å². The number of ketones is 1. The second-order valence-corrected chi connectivity index (χ2v) is 6.47. The van der Waals surface area contributed by atoms with E-state index in [1.807, 2.05) is 4.90 Å². The number of likely N-dealkylation sites (tertiary alicyclic amines) is 1. The molecule has 1 aromatic heterocycles. The van der Waals surface area contributed by atoms with Crippen LogP contribution in [0.4, 0.5) is 0 Å². The number of nitrogens with zero attached hydrogens (tertiary/aromatic N) is 2. The number of piperidine rings is 1. The van der Waals surface area contributed by atoms with E-state index in [0.29, 0.717) is 38.5 Å². The van der Waals surface area contributed by atoms with Gasteiger partial charge in [0, 0.05) is 38.5 Å². The third kappa shape index (κ3) is 3.46. The Kier molecular flexibility index (Phi) is 4.17. The second-order valence-electron chi connectivity index (χ2n) is 5.69. The Balaban J connectivity index is 1.56. The molecule has 5 heteroatoms. The molecule has 2 heterocycles. The first kappa shape index (κ1) is 13.8. The number of thiophene rings is 1. The zero-order chi connectivity index (χ0) is 13.9. The largest absolute Gasteiger partial charge is 0.341 e. The van der Waals surface area contributed by atoms with Crippen LogP contribution < -0.4 is 0 Å². The fraction of sp³-hybridized carbons (Fsp3) is 0.600. The van der Waals surface area contributed by atoms with Gasteiger partial charge in [-0.25, -0.2) is 0 Å². The molecule has 1 aliphatic heterocycles. The van der Waals surface area contributed by atoms with Gasteiger partial charge in [-0.2, -0.15) is 11.3 Å². The van der Waals surface area contributed by atoms with E-state index in [9.17, 15) is 9.59 Å². The van der Waals surface area contributed by atoms with Gasteiger partial charge in [-0.05, 0) is 35.2 Å². The quantitative estimate of drug-likeness (QED) is 0.832. The van der Waals surface area contributed by atoms with E-state index in [2.05, 4.69) is 21.7 Å². The van der Waals surface area contributed by atoms with Crippen LogP contribution in [0.25, 0.3) is 0 Å². The molecule has 1 aliphatic carbocycles. The lowest BCUT2D eigenvalue weighted by Gasteiger charge is -2.29. The highest BCUT2D eigenvalue weighted by atomic mass is 32.1. The molecule has 0 N–H and O–H groups in total. The van der Waals surface area contributed by atoms with Crippen LogP contribution in [-0.4, -0.2) is 47.2 Å². The molecule has 1 saturated carbocycles. The standard InChI is InChI=1S/C15H20N2O2S/c18-14-3-6-16(7-4-14)15(19)10-17(13-1-2-13)9-12-5-8-20-11-12/h5,8,11,13H,1-4,6-7,9-10H2. The van der Waals surface area contributed by atoms with Gasteiger partial charge < -0.3 is 4.90 Å². The third-order valence-corrected chi connectivity index (χ3v) is 4.77. The molecule has 2 aliphatic rings. The Hall–Kier alpha value is -1.20. The van der Waals surface area contributed by atoms with E-state index in [-0.39, 0.29) is 11.7 Å². The monoisotopic (exact) mass is 292 g/mol. The van der Waals surface area contributed by atoms with Crippen LogP contribution in [0.5, 0.6) is 0 Å². The molecular weight excluding hydrogens is 272 g/mol. The predicted octanol–water partition coefficient (Wildman–Crippen LogP) is 1.90. The molecule has 0 spiro atoms. The van der Waals surface area contributed by atoms with E-state index in [1.165, 1.54) is 18.4 Å². The van der Waals surface area contributed by atoms with Gasteiger partial charge in [0.25, 0.3) is 0 Å². The molecule has 108 valence electrons. The number of rotatable bonds is 5. The van der Waals surface area contributed by atoms with Gasteiger partial charge in [0.05, 0.1) is 6.54 Å². The summed E-state index contributed by atoms with van der Waals surface area (Å²) in [7, 11) is 0. The van der Waals surface area contributed by atoms with Crippen LogP contribution in [0.3, 0.4) is 0 Å². The topological polar surface area (TPSA) is 40.6 Å². The highest BCUT2D eigenvalue weighted by molar-refractivity contribution is 7.07. The number of hydrogen-bond acceptors (Lipinski definition) is 4. The molecule has 0 atom stereocenters. The number of carbonyl (C=O) groups excluding carboxylic acids is 2. The fourth-order valence-corrected chi connectivity index (χ4v) is 3.31. The summed E-state index contributed by atoms with van der Waals surface area (Å²) in [6.45, 7) is 2.57. The third-order valence-electron chi connectivity index (χ3n) is 4.04. The molecule has 0 unspecified atom stereocenters. The van der Waals surface area contributed by atoms with Crippen LogP contribution in [0.2, 0.25) is 0 Å². The highest BCUT2D eigenvalue weighted by Gasteiger charge is 2.32. The second kappa shape index (κ2) is 6.06. The minimum absolute atomic E-state index is 0.180. The lowest BCUT2D eigenvalue weighted by atomic mass is 10.1. The molecule has 4 nitrogen and oxygen atoms in total. The Bertz CT molecular complexity index is 472. The molecule has 1 amide bonds. The smallest absolute Gasteiger partial charge is 0.236 e. The van der Waals surface area contributed by atoms with E-state index >= 15 is 0 Å². The molecule has 0 aromatic carbocycles. The fourth-order valence-electron chi connectivity index (χ4n) is 2.65. The van der Waals surface area contributed by atoms with E-state index < -0.39 is 0 Å². The zero-order valence-corrected chi connectivity index (χ0v) is 12.4. The van der Waals surface area contributed by atoms with Crippen LogP contribution in [-0.2, 0) is 16.1 Å². The van der Waals surface area contributed by atoms with Crippen molar-refractivity contribution >= 4 is 23.0 Å². The number of carbonyl (C=O) groups is 2. The van der Waals surface area contributed by atoms with Crippen molar-refractivity contribution in [2.24, 2.45) is 0 Å². The van der Waals surface area contributed by atoms with Crippen molar-refractivity contribution in [3.8, 4) is 0 Å². The summed E-state index contributed by atoms with van der Waals surface area (Å²) in [6.07, 6.45) is 3.46. The normalized spacial score (nSPS) is 19.6. The lowest BCUT2D eigenvalue weighted by Crippen LogP contribution is -2.44. The van der Waals surface area contributed by atoms with Crippen molar-refractivity contribution in [3.63, 3.8) is 0 Å². The minimum Gasteiger partial charge on any atom is -0.341 e. The number of amides is 1. The van der Waals surface area contributed by atoms with Crippen molar-refractivity contribution < 1.29 is 9.59 Å². The van der Waals surface area contributed by atoms with Gasteiger partial charge in [0.2, 0.25) is 5.91 Å². The van der Waals surface area contributed by atoms with E-state index in [4.69, 9.17) is 0 Å². The first-order chi connectivity index (χ1) is 9.72. The Morgan fingerprint density at radius 1 is 1.35 bits per heavy atom. The van der Waals surface area contributed by atoms with Crippen molar-refractivity contribution in [1.82, 2.24) is 9.80 Å². The molecule has 1 saturated heterocycles. The maximum Gasteiger partial charge on any atom is 0.236 e. The van der Waals surface area contributed by atoms with Crippen LogP contribution >= 0.6 is 11.3 Å². The number of hydrogen-bond donors (Lipinski definition) is 0. The maximum absolute atomic E-state index is 12.4. The van der Waals surface area contributed by atoms with Gasteiger partial charge in [-0.3, -0.25) is 14.5 Å². The molecular formula is C15H20N2O2S. The summed E-state index contributed by atoms with van der Waals surface area (Å²) < 4.78 is 0. The van der Waals surface area contributed by atoms with Gasteiger partial charge in [-0.1, -0.05) is 0 Å². The Morgan fingerprint density at radius 2 is 2.10 bits per heavy atom. The van der Waals surface area contributed by atoms with Crippen molar-refractivity contribution in [2.75, 3.05) is 19.6 Å². The Labute approximate surface area is 123 Å². The molecule has 0 radical (unpaired) electrons. The van der Waals surface area contributed by atoms with Crippen LogP contribution in [0, 0.1) is 0 Å². The van der Waals surface area contributed by atoms with Gasteiger partial charge in [0.15, 0.2) is 0 Å². The summed E-state index contributed by atoms with van der Waals surface area (Å²) in [5.41, 5.74) is 1.29. The summed E-state index contributed by atoms with van der Waals surface area (Å²) in [4.78, 5) is 27.7. The van der Waals surface area contributed by atoms with E-state index in [0.717, 1.165) is 6.54 Å². The molecule has 1 aromatic rings. The summed E-state index contributed by atoms with van der Waals surface area (Å²) in [5, 5.41) is 4.23. The summed E-state index contributed by atoms with van der Waals surface area (Å²) in [5.74, 6) is 0.464. The lowest BCUT2D eigenvalue weighted by molar-refractivity contribution is -0.135. The SMILES string of the molecule is O=C1CCN(C(=O)CN(Cc2ccsc2)C2CC2)CC1. The number of Topliss-reactive ketones (excluding diaryl/α,β-unsaturated/α-hetero) is 1. The van der Waals surface area contributed by atoms with Crippen molar-refractivity contribution in [2.45, 2.75) is 38.3 Å². The van der Waals surface area contributed by atoms with E-state index in [1.54, 1.807) is 11.3 Å². The first-order valence-electron chi connectivity index (χ1n) is 7.27. The average Bonchev–Trinajstić information content (AvgIpc) is 3.17. The van der Waals surface area contributed by atoms with Crippen molar-refractivity contribution in [1.29, 1.82) is 0 Å². The van der Waals surface area contributed by atoms with Gasteiger partial charge in [0.1, 0.15) is 5.78 Å². The van der Waals surface area contributed by atoms with Gasteiger partial charge >= 0.3 is 0 Å². The Morgan fingerprint density at radius 3 is 2.70 bits per heavy atom. The first-order valence-corrected chi connectivity index (χ1v) is 8.21. The predicted molar refractivity (Wildman–Crippen MR) is 78.6 cm³/mol. The molecule has 20 heavy (non-hydrogen) atoms. The zero-order valence-electron chi connectivity index (χ0n) is 11.6. The average molecular weight is 292 g/mol. The maximum atomic E-state index is 12.4. The van der Waals surface area contributed by atoms with Crippen LogP contribution in [0.1, 0.15) is 31.2 Å². The summed E-state index contributed by atoms with van der Waals surface area (Å²) in [6, 6.07) is 2.70.